The van der Waals surface area contributed by atoms with Gasteiger partial charge in [-0.1, -0.05) is 84.0 Å². The van der Waals surface area contributed by atoms with Crippen LogP contribution < -0.4 is 10.6 Å². The lowest BCUT2D eigenvalue weighted by atomic mass is 10.0. The summed E-state index contributed by atoms with van der Waals surface area (Å²) in [5.41, 5.74) is 0. The molecule has 0 bridgehead atoms. The molecule has 0 spiro atoms. The highest BCUT2D eigenvalue weighted by molar-refractivity contribution is 5.84. The zero-order valence-corrected chi connectivity index (χ0v) is 24.0. The molecule has 0 radical (unpaired) electrons. The lowest BCUT2D eigenvalue weighted by Gasteiger charge is -2.14. The van der Waals surface area contributed by atoms with Gasteiger partial charge < -0.3 is 25.2 Å². The van der Waals surface area contributed by atoms with Crippen LogP contribution in [-0.4, -0.2) is 68.2 Å². The van der Waals surface area contributed by atoms with Gasteiger partial charge in [0.2, 0.25) is 11.8 Å². The van der Waals surface area contributed by atoms with Gasteiger partial charge >= 0.3 is 5.97 Å². The van der Waals surface area contributed by atoms with Crippen LogP contribution in [-0.2, 0) is 28.7 Å². The van der Waals surface area contributed by atoms with Crippen LogP contribution in [0.2, 0.25) is 0 Å². The van der Waals surface area contributed by atoms with Gasteiger partial charge in [0.15, 0.2) is 0 Å². The van der Waals surface area contributed by atoms with Gasteiger partial charge in [-0.15, -0.1) is 0 Å². The highest BCUT2D eigenvalue weighted by Crippen LogP contribution is 2.13. The van der Waals surface area contributed by atoms with Crippen molar-refractivity contribution in [2.24, 2.45) is 0 Å². The van der Waals surface area contributed by atoms with Gasteiger partial charge in [-0.2, -0.15) is 0 Å². The minimum absolute atomic E-state index is 0.0149. The van der Waals surface area contributed by atoms with Crippen molar-refractivity contribution in [1.29, 1.82) is 0 Å². The molecule has 0 aromatic heterocycles. The first-order valence-corrected chi connectivity index (χ1v) is 14.8. The molecule has 0 heterocycles. The molecule has 9 nitrogen and oxygen atoms in total. The molecule has 9 heteroatoms. The van der Waals surface area contributed by atoms with Crippen LogP contribution in [0, 0.1) is 0 Å². The molecule has 2 amide bonds. The number of aliphatic carboxylic acids is 1. The number of carbonyl (C=O) groups excluding carboxylic acids is 3. The number of nitrogens with one attached hydrogen (secondary N) is 2. The van der Waals surface area contributed by atoms with E-state index >= 15 is 0 Å². The Hall–Kier alpha value is -2.00. The third kappa shape index (κ3) is 24.3. The van der Waals surface area contributed by atoms with E-state index in [-0.39, 0.29) is 37.0 Å². The highest BCUT2D eigenvalue weighted by atomic mass is 16.5. The van der Waals surface area contributed by atoms with E-state index in [1.165, 1.54) is 71.3 Å². The number of amides is 2. The number of unbranched alkanes of at least 4 members (excludes halogenated alkanes) is 12. The fourth-order valence-electron chi connectivity index (χ4n) is 4.09. The van der Waals surface area contributed by atoms with Crippen LogP contribution in [0.15, 0.2) is 0 Å². The number of hydrogen-bond acceptors (Lipinski definition) is 6. The van der Waals surface area contributed by atoms with Crippen molar-refractivity contribution in [3.8, 4) is 0 Å². The van der Waals surface area contributed by atoms with E-state index in [0.29, 0.717) is 39.1 Å². The number of rotatable bonds is 28. The molecule has 0 saturated carbocycles. The molecular weight excluding hydrogens is 488 g/mol. The summed E-state index contributed by atoms with van der Waals surface area (Å²) in [7, 11) is 1.53. The van der Waals surface area contributed by atoms with Gasteiger partial charge in [-0.05, 0) is 19.3 Å². The van der Waals surface area contributed by atoms with E-state index in [1.807, 2.05) is 0 Å². The largest absolute Gasteiger partial charge is 0.480 e. The summed E-state index contributed by atoms with van der Waals surface area (Å²) in [4.78, 5) is 46.7. The second kappa shape index (κ2) is 26.6. The number of hydrogen-bond donors (Lipinski definition) is 3. The first-order valence-electron chi connectivity index (χ1n) is 14.8. The first kappa shape index (κ1) is 36.0. The van der Waals surface area contributed by atoms with Gasteiger partial charge in [0.1, 0.15) is 18.4 Å². The predicted molar refractivity (Wildman–Crippen MR) is 149 cm³/mol. The van der Waals surface area contributed by atoms with Gasteiger partial charge in [0, 0.05) is 32.9 Å². The third-order valence-corrected chi connectivity index (χ3v) is 6.48. The Morgan fingerprint density at radius 1 is 0.658 bits per heavy atom. The summed E-state index contributed by atoms with van der Waals surface area (Å²) in [5, 5.41) is 14.4. The highest BCUT2D eigenvalue weighted by Gasteiger charge is 2.20. The van der Waals surface area contributed by atoms with Crippen molar-refractivity contribution < 1.29 is 33.8 Å². The summed E-state index contributed by atoms with van der Waals surface area (Å²) in [6, 6.07) is -1.04. The number of Topliss-reactive ketones (excluding diaryl/α,β-unsaturated/α-hetero) is 1. The van der Waals surface area contributed by atoms with Crippen molar-refractivity contribution in [2.45, 2.75) is 129 Å². The maximum Gasteiger partial charge on any atom is 0.326 e. The molecule has 222 valence electrons. The first-order chi connectivity index (χ1) is 18.4. The summed E-state index contributed by atoms with van der Waals surface area (Å²) >= 11 is 0. The normalized spacial score (nSPS) is 11.7. The summed E-state index contributed by atoms with van der Waals surface area (Å²) < 4.78 is 10.5. The Labute approximate surface area is 230 Å². The van der Waals surface area contributed by atoms with Gasteiger partial charge in [0.05, 0.1) is 13.2 Å². The summed E-state index contributed by atoms with van der Waals surface area (Å²) in [5.74, 6) is -1.64. The van der Waals surface area contributed by atoms with Crippen molar-refractivity contribution in [2.75, 3.05) is 33.5 Å². The van der Waals surface area contributed by atoms with Crippen LogP contribution in [0.1, 0.15) is 122 Å². The molecule has 0 rings (SSSR count). The van der Waals surface area contributed by atoms with Crippen LogP contribution >= 0.6 is 0 Å². The monoisotopic (exact) mass is 542 g/mol. The van der Waals surface area contributed by atoms with Crippen LogP contribution in [0.4, 0.5) is 0 Å². The van der Waals surface area contributed by atoms with E-state index < -0.39 is 12.0 Å². The zero-order valence-electron chi connectivity index (χ0n) is 24.0. The average Bonchev–Trinajstić information content (AvgIpc) is 2.90. The van der Waals surface area contributed by atoms with Gasteiger partial charge in [0.25, 0.3) is 0 Å². The molecule has 1 atom stereocenters. The molecule has 0 aromatic carbocycles. The fourth-order valence-corrected chi connectivity index (χ4v) is 4.09. The molecule has 0 fully saturated rings. The van der Waals surface area contributed by atoms with Gasteiger partial charge in [-0.3, -0.25) is 14.4 Å². The maximum atomic E-state index is 12.2. The lowest BCUT2D eigenvalue weighted by Crippen LogP contribution is -2.41. The third-order valence-electron chi connectivity index (χ3n) is 6.48. The predicted octanol–water partition coefficient (Wildman–Crippen LogP) is 4.95. The molecule has 3 N–H and O–H groups in total. The molecule has 0 aliphatic carbocycles. The smallest absolute Gasteiger partial charge is 0.326 e. The Morgan fingerprint density at radius 3 is 1.76 bits per heavy atom. The quantitative estimate of drug-likeness (QED) is 0.119. The van der Waals surface area contributed by atoms with Crippen LogP contribution in [0.5, 0.6) is 0 Å². The van der Waals surface area contributed by atoms with Crippen molar-refractivity contribution in [3.63, 3.8) is 0 Å². The lowest BCUT2D eigenvalue weighted by molar-refractivity contribution is -0.142. The van der Waals surface area contributed by atoms with Crippen LogP contribution in [0.3, 0.4) is 0 Å². The molecule has 1 unspecified atom stereocenters. The van der Waals surface area contributed by atoms with E-state index in [2.05, 4.69) is 17.6 Å². The van der Waals surface area contributed by atoms with E-state index in [4.69, 9.17) is 9.47 Å². The number of ketones is 1. The Morgan fingerprint density at radius 2 is 1.21 bits per heavy atom. The average molecular weight is 543 g/mol. The maximum absolute atomic E-state index is 12.2. The molecule has 0 saturated heterocycles. The molecular formula is C29H54N2O7. The SMILES string of the molecule is CCCCCCCCCCCCCCCC(=O)NC(CCC(=O)CCCOCCOCC(=O)NC)C(=O)O. The van der Waals surface area contributed by atoms with Gasteiger partial charge in [-0.25, -0.2) is 4.79 Å². The molecule has 38 heavy (non-hydrogen) atoms. The minimum atomic E-state index is -1.11. The Balaban J connectivity index is 3.73. The van der Waals surface area contributed by atoms with E-state index in [1.54, 1.807) is 0 Å². The number of likely N-dealkylation sites (N-methyl/N-ethyl adjacent to an activating group) is 1. The Kier molecular flexibility index (Phi) is 25.2. The molecule has 0 aromatic rings. The number of carboxylic acid groups (broad SMARTS) is 1. The standard InChI is InChI=1S/C29H54N2O7/c1-3-4-5-6-7-8-9-10-11-12-13-14-15-18-27(33)31-26(29(35)36)20-19-25(32)17-16-21-37-22-23-38-24-28(34)30-2/h26H,3-24H2,1-2H3,(H,30,34)(H,31,33)(H,35,36). The van der Waals surface area contributed by atoms with Crippen molar-refractivity contribution in [1.82, 2.24) is 10.6 Å². The van der Waals surface area contributed by atoms with Crippen molar-refractivity contribution >= 4 is 23.6 Å². The van der Waals surface area contributed by atoms with Crippen LogP contribution in [0.25, 0.3) is 0 Å². The number of carbonyl (C=O) groups is 4. The second-order valence-corrected chi connectivity index (χ2v) is 9.97. The number of ether oxygens (including phenoxy) is 2. The minimum Gasteiger partial charge on any atom is -0.480 e. The Bertz CT molecular complexity index is 628. The van der Waals surface area contributed by atoms with E-state index in [9.17, 15) is 24.3 Å². The fraction of sp³-hybridized carbons (Fsp3) is 0.862. The topological polar surface area (TPSA) is 131 Å². The zero-order chi connectivity index (χ0) is 28.3. The summed E-state index contributed by atoms with van der Waals surface area (Å²) in [6.45, 7) is 3.23. The number of carboxylic acids is 1. The summed E-state index contributed by atoms with van der Waals surface area (Å²) in [6.07, 6.45) is 17.3. The van der Waals surface area contributed by atoms with E-state index in [0.717, 1.165) is 19.3 Å². The molecule has 0 aliphatic heterocycles. The molecule has 0 aliphatic rings. The second-order valence-electron chi connectivity index (χ2n) is 9.97. The van der Waals surface area contributed by atoms with Crippen molar-refractivity contribution in [3.05, 3.63) is 0 Å².